The predicted octanol–water partition coefficient (Wildman–Crippen LogP) is 2.62. The Morgan fingerprint density at radius 2 is 1.90 bits per heavy atom. The molecule has 3 rings (SSSR count). The molecule has 0 aromatic carbocycles. The summed E-state index contributed by atoms with van der Waals surface area (Å²) >= 11 is 1.49. The predicted molar refractivity (Wildman–Crippen MR) is 83.3 cm³/mol. The second kappa shape index (κ2) is 6.81. The highest BCUT2D eigenvalue weighted by Crippen LogP contribution is 2.39. The van der Waals surface area contributed by atoms with Crippen LogP contribution in [0.2, 0.25) is 0 Å². The zero-order chi connectivity index (χ0) is 14.7. The van der Waals surface area contributed by atoms with E-state index in [1.54, 1.807) is 0 Å². The average Bonchev–Trinajstić information content (AvgIpc) is 3.26. The summed E-state index contributed by atoms with van der Waals surface area (Å²) in [6.45, 7) is 0. The van der Waals surface area contributed by atoms with Crippen LogP contribution in [-0.2, 0) is 11.8 Å². The van der Waals surface area contributed by atoms with Gasteiger partial charge < -0.3 is 9.88 Å². The second-order valence-corrected chi connectivity index (χ2v) is 7.16. The Kier molecular flexibility index (Phi) is 4.83. The van der Waals surface area contributed by atoms with E-state index in [9.17, 15) is 4.79 Å². The number of nitrogens with one attached hydrogen (secondary N) is 1. The number of amides is 1. The highest BCUT2D eigenvalue weighted by atomic mass is 32.2. The smallest absolute Gasteiger partial charge is 0.230 e. The fraction of sp³-hybridized carbons (Fsp3) is 0.800. The lowest BCUT2D eigenvalue weighted by Gasteiger charge is -2.15. The Labute approximate surface area is 130 Å². The molecule has 2 fully saturated rings. The van der Waals surface area contributed by atoms with Crippen LogP contribution in [0.1, 0.15) is 63.1 Å². The molecular formula is C15H24N4OS. The van der Waals surface area contributed by atoms with Crippen LogP contribution in [0.3, 0.4) is 0 Å². The average molecular weight is 308 g/mol. The molecule has 0 unspecified atom stereocenters. The normalized spacial score (nSPS) is 20.2. The molecule has 0 bridgehead atoms. The van der Waals surface area contributed by atoms with E-state index >= 15 is 0 Å². The van der Waals surface area contributed by atoms with Gasteiger partial charge in [-0.1, -0.05) is 37.4 Å². The summed E-state index contributed by atoms with van der Waals surface area (Å²) in [5.74, 6) is 2.23. The minimum Gasteiger partial charge on any atom is -0.353 e. The van der Waals surface area contributed by atoms with Crippen LogP contribution in [-0.4, -0.2) is 32.5 Å². The van der Waals surface area contributed by atoms with E-state index in [0.29, 0.717) is 17.7 Å². The van der Waals surface area contributed by atoms with Crippen molar-refractivity contribution in [3.05, 3.63) is 5.82 Å². The van der Waals surface area contributed by atoms with Gasteiger partial charge >= 0.3 is 0 Å². The van der Waals surface area contributed by atoms with Gasteiger partial charge in [0.2, 0.25) is 5.91 Å². The van der Waals surface area contributed by atoms with Crippen LogP contribution < -0.4 is 5.32 Å². The summed E-state index contributed by atoms with van der Waals surface area (Å²) in [5, 5.41) is 12.5. The standard InChI is InChI=1S/C15H24N4OS/c1-19-14(11-8-9-11)17-18-15(19)21-10-13(20)16-12-6-4-2-3-5-7-12/h11-12H,2-10H2,1H3,(H,16,20). The van der Waals surface area contributed by atoms with Gasteiger partial charge in [-0.3, -0.25) is 4.79 Å². The Morgan fingerprint density at radius 1 is 1.19 bits per heavy atom. The van der Waals surface area contributed by atoms with E-state index in [0.717, 1.165) is 23.8 Å². The molecular weight excluding hydrogens is 284 g/mol. The maximum atomic E-state index is 12.1. The molecule has 0 saturated heterocycles. The summed E-state index contributed by atoms with van der Waals surface area (Å²) in [7, 11) is 2.00. The SMILES string of the molecule is Cn1c(SCC(=O)NC2CCCCCC2)nnc1C1CC1. The number of aromatic nitrogens is 3. The minimum atomic E-state index is 0.128. The van der Waals surface area contributed by atoms with Gasteiger partial charge in [0.15, 0.2) is 5.16 Å². The zero-order valence-corrected chi connectivity index (χ0v) is 13.5. The molecule has 2 aliphatic rings. The lowest BCUT2D eigenvalue weighted by Crippen LogP contribution is -2.35. The van der Waals surface area contributed by atoms with Gasteiger partial charge in [-0.25, -0.2) is 0 Å². The number of nitrogens with zero attached hydrogens (tertiary/aromatic N) is 3. The van der Waals surface area contributed by atoms with Crippen molar-refractivity contribution in [2.24, 2.45) is 7.05 Å². The Bertz CT molecular complexity index is 490. The van der Waals surface area contributed by atoms with Crippen LogP contribution in [0.15, 0.2) is 5.16 Å². The first-order chi connectivity index (χ1) is 10.2. The summed E-state index contributed by atoms with van der Waals surface area (Å²) in [6.07, 6.45) is 9.81. The summed E-state index contributed by atoms with van der Waals surface area (Å²) in [5.41, 5.74) is 0. The van der Waals surface area contributed by atoms with E-state index < -0.39 is 0 Å². The molecule has 0 spiro atoms. The quantitative estimate of drug-likeness (QED) is 0.671. The van der Waals surface area contributed by atoms with Crippen molar-refractivity contribution in [2.45, 2.75) is 68.5 Å². The lowest BCUT2D eigenvalue weighted by molar-refractivity contribution is -0.119. The molecule has 1 amide bonds. The van der Waals surface area contributed by atoms with Gasteiger partial charge in [0.05, 0.1) is 5.75 Å². The zero-order valence-electron chi connectivity index (χ0n) is 12.7. The van der Waals surface area contributed by atoms with E-state index in [2.05, 4.69) is 15.5 Å². The number of thioether (sulfide) groups is 1. The molecule has 0 aliphatic heterocycles. The van der Waals surface area contributed by atoms with Crippen LogP contribution in [0.5, 0.6) is 0 Å². The summed E-state index contributed by atoms with van der Waals surface area (Å²) in [4.78, 5) is 12.1. The van der Waals surface area contributed by atoms with Gasteiger partial charge in [-0.15, -0.1) is 10.2 Å². The molecule has 21 heavy (non-hydrogen) atoms. The molecule has 0 radical (unpaired) electrons. The largest absolute Gasteiger partial charge is 0.353 e. The number of rotatable bonds is 5. The van der Waals surface area contributed by atoms with E-state index in [4.69, 9.17) is 0 Å². The van der Waals surface area contributed by atoms with Crippen molar-refractivity contribution in [1.29, 1.82) is 0 Å². The first-order valence-corrected chi connectivity index (χ1v) is 9.04. The topological polar surface area (TPSA) is 59.8 Å². The third-order valence-corrected chi connectivity index (χ3v) is 5.38. The molecule has 1 N–H and O–H groups in total. The van der Waals surface area contributed by atoms with Crippen LogP contribution in [0.25, 0.3) is 0 Å². The lowest BCUT2D eigenvalue weighted by atomic mass is 10.1. The monoisotopic (exact) mass is 308 g/mol. The van der Waals surface area contributed by atoms with E-state index in [-0.39, 0.29) is 5.91 Å². The van der Waals surface area contributed by atoms with Crippen LogP contribution in [0, 0.1) is 0 Å². The van der Waals surface area contributed by atoms with Gasteiger partial charge in [0.1, 0.15) is 5.82 Å². The van der Waals surface area contributed by atoms with Gasteiger partial charge in [0, 0.05) is 19.0 Å². The number of hydrogen-bond acceptors (Lipinski definition) is 4. The number of carbonyl (C=O) groups excluding carboxylic acids is 1. The summed E-state index contributed by atoms with van der Waals surface area (Å²) in [6, 6.07) is 0.377. The highest BCUT2D eigenvalue weighted by molar-refractivity contribution is 7.99. The number of carbonyl (C=O) groups is 1. The maximum absolute atomic E-state index is 12.1. The number of hydrogen-bond donors (Lipinski definition) is 1. The third-order valence-electron chi connectivity index (χ3n) is 4.36. The Morgan fingerprint density at radius 3 is 2.57 bits per heavy atom. The second-order valence-electron chi connectivity index (χ2n) is 6.22. The van der Waals surface area contributed by atoms with Crippen molar-refractivity contribution < 1.29 is 4.79 Å². The van der Waals surface area contributed by atoms with Crippen LogP contribution in [0.4, 0.5) is 0 Å². The van der Waals surface area contributed by atoms with Gasteiger partial charge in [-0.05, 0) is 25.7 Å². The molecule has 5 nitrogen and oxygen atoms in total. The fourth-order valence-corrected chi connectivity index (χ4v) is 3.70. The minimum absolute atomic E-state index is 0.128. The van der Waals surface area contributed by atoms with Crippen molar-refractivity contribution in [2.75, 3.05) is 5.75 Å². The van der Waals surface area contributed by atoms with Crippen molar-refractivity contribution in [3.63, 3.8) is 0 Å². The molecule has 0 atom stereocenters. The highest BCUT2D eigenvalue weighted by Gasteiger charge is 2.29. The van der Waals surface area contributed by atoms with Crippen molar-refractivity contribution in [3.8, 4) is 0 Å². The van der Waals surface area contributed by atoms with E-state index in [1.807, 2.05) is 11.6 Å². The van der Waals surface area contributed by atoms with Crippen LogP contribution >= 0.6 is 11.8 Å². The van der Waals surface area contributed by atoms with Gasteiger partial charge in [-0.2, -0.15) is 0 Å². The molecule has 2 saturated carbocycles. The molecule has 6 heteroatoms. The molecule has 116 valence electrons. The van der Waals surface area contributed by atoms with E-state index in [1.165, 1.54) is 50.3 Å². The molecule has 1 aromatic heterocycles. The first kappa shape index (κ1) is 14.9. The third kappa shape index (κ3) is 3.99. The Hall–Kier alpha value is -1.04. The molecule has 2 aliphatic carbocycles. The molecule has 1 aromatic rings. The Balaban J connectivity index is 1.46. The summed E-state index contributed by atoms with van der Waals surface area (Å²) < 4.78 is 2.04. The first-order valence-electron chi connectivity index (χ1n) is 8.05. The fourth-order valence-electron chi connectivity index (χ4n) is 2.97. The van der Waals surface area contributed by atoms with Crippen molar-refractivity contribution >= 4 is 17.7 Å². The maximum Gasteiger partial charge on any atom is 0.230 e. The van der Waals surface area contributed by atoms with Crippen molar-refractivity contribution in [1.82, 2.24) is 20.1 Å². The van der Waals surface area contributed by atoms with Gasteiger partial charge in [0.25, 0.3) is 0 Å². The molecule has 1 heterocycles.